The van der Waals surface area contributed by atoms with Crippen molar-refractivity contribution in [1.29, 1.82) is 0 Å². The zero-order valence-electron chi connectivity index (χ0n) is 11.5. The third-order valence-corrected chi connectivity index (χ3v) is 3.19. The maximum atomic E-state index is 11.7. The molecule has 1 amide bonds. The van der Waals surface area contributed by atoms with Crippen molar-refractivity contribution in [2.24, 2.45) is 0 Å². The molecule has 0 saturated heterocycles. The monoisotopic (exact) mass is 267 g/mol. The molecule has 0 spiro atoms. The highest BCUT2D eigenvalue weighted by Gasteiger charge is 2.20. The lowest BCUT2D eigenvalue weighted by Gasteiger charge is -2.15. The Morgan fingerprint density at radius 3 is 3.16 bits per heavy atom. The van der Waals surface area contributed by atoms with Gasteiger partial charge in [-0.05, 0) is 6.92 Å². The summed E-state index contributed by atoms with van der Waals surface area (Å²) in [5.74, 6) is 1.78. The van der Waals surface area contributed by atoms with Crippen molar-refractivity contribution in [2.75, 3.05) is 26.8 Å². The average Bonchev–Trinajstić information content (AvgIpc) is 2.66. The lowest BCUT2D eigenvalue weighted by Crippen LogP contribution is -2.30. The third kappa shape index (κ3) is 3.51. The van der Waals surface area contributed by atoms with Gasteiger partial charge < -0.3 is 19.9 Å². The summed E-state index contributed by atoms with van der Waals surface area (Å²) in [7, 11) is 1.59. The molecule has 1 atom stereocenters. The summed E-state index contributed by atoms with van der Waals surface area (Å²) in [4.78, 5) is 11.7. The zero-order valence-corrected chi connectivity index (χ0v) is 11.5. The minimum Gasteiger partial charge on any atom is -0.384 e. The summed E-state index contributed by atoms with van der Waals surface area (Å²) in [6.07, 6.45) is 1.24. The number of ether oxygens (including phenoxy) is 1. The third-order valence-electron chi connectivity index (χ3n) is 3.19. The fraction of sp³-hybridized carbons (Fsp3) is 0.750. The van der Waals surface area contributed by atoms with Crippen LogP contribution in [0.3, 0.4) is 0 Å². The highest BCUT2D eigenvalue weighted by atomic mass is 16.5. The van der Waals surface area contributed by atoms with Gasteiger partial charge >= 0.3 is 0 Å². The van der Waals surface area contributed by atoms with E-state index in [1.807, 2.05) is 6.92 Å². The Bertz CT molecular complexity index is 432. The van der Waals surface area contributed by atoms with Gasteiger partial charge in [0.25, 0.3) is 0 Å². The number of amides is 1. The summed E-state index contributed by atoms with van der Waals surface area (Å²) in [5.41, 5.74) is 0. The highest BCUT2D eigenvalue weighted by Crippen LogP contribution is 2.13. The summed E-state index contributed by atoms with van der Waals surface area (Å²) in [6.45, 7) is 5.03. The Morgan fingerprint density at radius 1 is 1.53 bits per heavy atom. The van der Waals surface area contributed by atoms with Crippen LogP contribution in [0.15, 0.2) is 0 Å². The van der Waals surface area contributed by atoms with Crippen molar-refractivity contribution in [2.45, 2.75) is 32.4 Å². The van der Waals surface area contributed by atoms with Crippen molar-refractivity contribution in [1.82, 2.24) is 25.4 Å². The maximum absolute atomic E-state index is 11.7. The van der Waals surface area contributed by atoms with Crippen LogP contribution in [0.4, 0.5) is 0 Å². The lowest BCUT2D eigenvalue weighted by molar-refractivity contribution is -0.122. The molecule has 0 radical (unpaired) electrons. The van der Waals surface area contributed by atoms with E-state index in [-0.39, 0.29) is 11.9 Å². The van der Waals surface area contributed by atoms with E-state index in [0.29, 0.717) is 13.0 Å². The number of carbonyl (C=O) groups is 1. The van der Waals surface area contributed by atoms with Gasteiger partial charge in [0.1, 0.15) is 5.82 Å². The van der Waals surface area contributed by atoms with Gasteiger partial charge in [-0.3, -0.25) is 4.79 Å². The smallest absolute Gasteiger partial charge is 0.222 e. The molecule has 19 heavy (non-hydrogen) atoms. The first kappa shape index (κ1) is 14.0. The highest BCUT2D eigenvalue weighted by molar-refractivity contribution is 5.76. The number of rotatable bonds is 5. The van der Waals surface area contributed by atoms with Crippen LogP contribution in [-0.4, -0.2) is 47.5 Å². The summed E-state index contributed by atoms with van der Waals surface area (Å²) in [5, 5.41) is 14.7. The SMILES string of the molecule is COCCC(=O)N[C@H](C)c1nnc2n1CCNCC2. The molecular formula is C12H21N5O2. The van der Waals surface area contributed by atoms with Crippen LogP contribution in [0.5, 0.6) is 0 Å². The molecule has 1 aliphatic heterocycles. The standard InChI is InChI=1S/C12H21N5O2/c1-9(14-11(18)4-8-19-2)12-16-15-10-3-5-13-6-7-17(10)12/h9,13H,3-8H2,1-2H3,(H,14,18)/t9-/m1/s1. The zero-order chi connectivity index (χ0) is 13.7. The minimum atomic E-state index is -0.135. The number of nitrogens with one attached hydrogen (secondary N) is 2. The van der Waals surface area contributed by atoms with E-state index >= 15 is 0 Å². The van der Waals surface area contributed by atoms with Crippen LogP contribution in [0.1, 0.15) is 31.0 Å². The van der Waals surface area contributed by atoms with E-state index < -0.39 is 0 Å². The van der Waals surface area contributed by atoms with Crippen molar-refractivity contribution in [3.05, 3.63) is 11.6 Å². The van der Waals surface area contributed by atoms with Crippen molar-refractivity contribution >= 4 is 5.91 Å². The average molecular weight is 267 g/mol. The molecule has 7 heteroatoms. The molecule has 0 bridgehead atoms. The van der Waals surface area contributed by atoms with Gasteiger partial charge in [0, 0.05) is 39.6 Å². The van der Waals surface area contributed by atoms with E-state index in [1.165, 1.54) is 0 Å². The van der Waals surface area contributed by atoms with E-state index in [0.717, 1.165) is 37.7 Å². The molecule has 2 heterocycles. The van der Waals surface area contributed by atoms with Crippen molar-refractivity contribution < 1.29 is 9.53 Å². The number of hydrogen-bond acceptors (Lipinski definition) is 5. The topological polar surface area (TPSA) is 81.1 Å². The summed E-state index contributed by atoms with van der Waals surface area (Å²) in [6, 6.07) is -0.135. The quantitative estimate of drug-likeness (QED) is 0.761. The van der Waals surface area contributed by atoms with Crippen LogP contribution < -0.4 is 10.6 Å². The lowest BCUT2D eigenvalue weighted by atomic mass is 10.3. The predicted octanol–water partition coefficient (Wildman–Crippen LogP) is -0.362. The fourth-order valence-electron chi connectivity index (χ4n) is 2.19. The van der Waals surface area contributed by atoms with Gasteiger partial charge in [-0.15, -0.1) is 10.2 Å². The molecule has 7 nitrogen and oxygen atoms in total. The normalized spacial score (nSPS) is 16.5. The van der Waals surface area contributed by atoms with Gasteiger partial charge in [0.2, 0.25) is 5.91 Å². The number of carbonyl (C=O) groups excluding carboxylic acids is 1. The van der Waals surface area contributed by atoms with E-state index in [2.05, 4.69) is 25.4 Å². The van der Waals surface area contributed by atoms with Crippen LogP contribution in [0, 0.1) is 0 Å². The van der Waals surface area contributed by atoms with Crippen molar-refractivity contribution in [3.63, 3.8) is 0 Å². The van der Waals surface area contributed by atoms with E-state index in [9.17, 15) is 4.79 Å². The number of aromatic nitrogens is 3. The molecule has 1 aliphatic rings. The Kier molecular flexibility index (Phi) is 4.86. The molecule has 1 aromatic heterocycles. The van der Waals surface area contributed by atoms with Crippen LogP contribution in [0.25, 0.3) is 0 Å². The van der Waals surface area contributed by atoms with Gasteiger partial charge in [-0.2, -0.15) is 0 Å². The Labute approximate surface area is 112 Å². The molecule has 0 fully saturated rings. The van der Waals surface area contributed by atoms with Crippen LogP contribution >= 0.6 is 0 Å². The molecule has 2 N–H and O–H groups in total. The summed E-state index contributed by atoms with van der Waals surface area (Å²) < 4.78 is 6.99. The Balaban J connectivity index is 2.01. The number of fused-ring (bicyclic) bond motifs is 1. The van der Waals surface area contributed by atoms with Crippen molar-refractivity contribution in [3.8, 4) is 0 Å². The second-order valence-electron chi connectivity index (χ2n) is 4.66. The molecule has 106 valence electrons. The number of hydrogen-bond donors (Lipinski definition) is 2. The molecule has 0 unspecified atom stereocenters. The molecular weight excluding hydrogens is 246 g/mol. The Morgan fingerprint density at radius 2 is 2.37 bits per heavy atom. The number of nitrogens with zero attached hydrogens (tertiary/aromatic N) is 3. The molecule has 0 aromatic carbocycles. The van der Waals surface area contributed by atoms with Gasteiger partial charge in [0.15, 0.2) is 5.82 Å². The second kappa shape index (κ2) is 6.63. The van der Waals surface area contributed by atoms with E-state index in [1.54, 1.807) is 7.11 Å². The van der Waals surface area contributed by atoms with Crippen LogP contribution in [0.2, 0.25) is 0 Å². The largest absolute Gasteiger partial charge is 0.384 e. The minimum absolute atomic E-state index is 0.0292. The first-order valence-corrected chi connectivity index (χ1v) is 6.63. The van der Waals surface area contributed by atoms with Gasteiger partial charge in [-0.25, -0.2) is 0 Å². The second-order valence-corrected chi connectivity index (χ2v) is 4.66. The van der Waals surface area contributed by atoms with Gasteiger partial charge in [0.05, 0.1) is 12.6 Å². The predicted molar refractivity (Wildman–Crippen MR) is 69.6 cm³/mol. The molecule has 1 aromatic rings. The molecule has 0 aliphatic carbocycles. The first-order chi connectivity index (χ1) is 9.22. The Hall–Kier alpha value is -1.47. The van der Waals surface area contributed by atoms with E-state index in [4.69, 9.17) is 4.74 Å². The fourth-order valence-corrected chi connectivity index (χ4v) is 2.19. The summed E-state index contributed by atoms with van der Waals surface area (Å²) >= 11 is 0. The molecule has 0 saturated carbocycles. The maximum Gasteiger partial charge on any atom is 0.222 e. The van der Waals surface area contributed by atoms with Gasteiger partial charge in [-0.1, -0.05) is 0 Å². The first-order valence-electron chi connectivity index (χ1n) is 6.63. The molecule has 2 rings (SSSR count). The van der Waals surface area contributed by atoms with Crippen LogP contribution in [-0.2, 0) is 22.5 Å². The number of methoxy groups -OCH3 is 1.